The van der Waals surface area contributed by atoms with Crippen molar-refractivity contribution in [2.75, 3.05) is 11.9 Å². The van der Waals surface area contributed by atoms with Crippen LogP contribution in [0.5, 0.6) is 0 Å². The van der Waals surface area contributed by atoms with Crippen LogP contribution in [0.2, 0.25) is 0 Å². The van der Waals surface area contributed by atoms with Crippen molar-refractivity contribution in [2.45, 2.75) is 38.6 Å². The predicted octanol–water partition coefficient (Wildman–Crippen LogP) is 3.55. The monoisotopic (exact) mass is 285 g/mol. The lowest BCUT2D eigenvalue weighted by molar-refractivity contribution is 0.377. The van der Waals surface area contributed by atoms with Gasteiger partial charge in [0, 0.05) is 17.8 Å². The van der Waals surface area contributed by atoms with Crippen LogP contribution in [0.15, 0.2) is 24.3 Å². The van der Waals surface area contributed by atoms with E-state index in [2.05, 4.69) is 16.8 Å². The quantitative estimate of drug-likeness (QED) is 0.868. The fourth-order valence-electron chi connectivity index (χ4n) is 3.77. The Bertz CT molecular complexity index is 677. The summed E-state index contributed by atoms with van der Waals surface area (Å²) in [6, 6.07) is 7.22. The van der Waals surface area contributed by atoms with Gasteiger partial charge in [-0.15, -0.1) is 0 Å². The van der Waals surface area contributed by atoms with Crippen LogP contribution in [0.4, 0.5) is 10.3 Å². The second-order valence-corrected chi connectivity index (χ2v) is 6.23. The predicted molar refractivity (Wildman–Crippen MR) is 81.1 cm³/mol. The lowest BCUT2D eigenvalue weighted by Crippen LogP contribution is -2.33. The molecule has 4 rings (SSSR count). The third-order valence-electron chi connectivity index (χ3n) is 4.79. The zero-order valence-corrected chi connectivity index (χ0v) is 12.3. The molecule has 21 heavy (non-hydrogen) atoms. The highest BCUT2D eigenvalue weighted by molar-refractivity contribution is 5.41. The molecule has 2 atom stereocenters. The number of hydrogen-bond acceptors (Lipinski definition) is 2. The first-order valence-corrected chi connectivity index (χ1v) is 7.84. The first-order chi connectivity index (χ1) is 10.3. The second-order valence-electron chi connectivity index (χ2n) is 6.23. The largest absolute Gasteiger partial charge is 0.355 e. The zero-order chi connectivity index (χ0) is 14.4. The molecular weight excluding hydrogens is 265 g/mol. The van der Waals surface area contributed by atoms with Crippen molar-refractivity contribution < 1.29 is 4.39 Å². The second kappa shape index (κ2) is 4.86. The van der Waals surface area contributed by atoms with Gasteiger partial charge in [-0.1, -0.05) is 25.1 Å². The van der Waals surface area contributed by atoms with Crippen LogP contribution >= 0.6 is 0 Å². The topological polar surface area (TPSA) is 29.9 Å². The van der Waals surface area contributed by atoms with E-state index in [-0.39, 0.29) is 11.9 Å². The van der Waals surface area contributed by atoms with Gasteiger partial charge >= 0.3 is 0 Å². The Kier molecular flexibility index (Phi) is 2.98. The molecule has 3 nitrogen and oxygen atoms in total. The van der Waals surface area contributed by atoms with Crippen LogP contribution < -0.4 is 5.32 Å². The Morgan fingerprint density at radius 3 is 2.90 bits per heavy atom. The molecule has 0 spiro atoms. The lowest BCUT2D eigenvalue weighted by Gasteiger charge is -2.34. The maximum atomic E-state index is 14.3. The minimum Gasteiger partial charge on any atom is -0.355 e. The number of imidazole rings is 1. The van der Waals surface area contributed by atoms with Gasteiger partial charge in [-0.3, -0.25) is 0 Å². The van der Waals surface area contributed by atoms with E-state index in [4.69, 9.17) is 4.98 Å². The number of fused-ring (bicyclic) bond motifs is 3. The van der Waals surface area contributed by atoms with Crippen LogP contribution in [0.25, 0.3) is 0 Å². The third kappa shape index (κ3) is 1.96. The molecular formula is C17H20FN3. The van der Waals surface area contributed by atoms with Crippen LogP contribution in [0.3, 0.4) is 0 Å². The summed E-state index contributed by atoms with van der Waals surface area (Å²) in [5.41, 5.74) is 3.31. The number of aryl methyl sites for hydroxylation is 1. The maximum absolute atomic E-state index is 14.3. The standard InChI is InChI=1S/C17H20FN3/c1-11-10-19-17-20-14-8-4-5-9-15(14)21(17)16(11)12-6-2-3-7-13(12)18/h2-3,6-7,11,16H,4-5,8-10H2,1H3,(H,19,20). The van der Waals surface area contributed by atoms with Crippen LogP contribution in [0, 0.1) is 11.7 Å². The van der Waals surface area contributed by atoms with Crippen molar-refractivity contribution in [2.24, 2.45) is 5.92 Å². The SMILES string of the molecule is CC1CNc2nc3c(n2C1c1ccccc1F)CCCC3. The smallest absolute Gasteiger partial charge is 0.203 e. The van der Waals surface area contributed by atoms with E-state index in [0.29, 0.717) is 5.92 Å². The van der Waals surface area contributed by atoms with Crippen molar-refractivity contribution in [3.05, 3.63) is 47.0 Å². The van der Waals surface area contributed by atoms with Crippen LogP contribution in [0.1, 0.15) is 42.8 Å². The summed E-state index contributed by atoms with van der Waals surface area (Å²) in [7, 11) is 0. The summed E-state index contributed by atoms with van der Waals surface area (Å²) in [5.74, 6) is 1.16. The van der Waals surface area contributed by atoms with Gasteiger partial charge in [-0.2, -0.15) is 0 Å². The number of hydrogen-bond donors (Lipinski definition) is 1. The summed E-state index contributed by atoms with van der Waals surface area (Å²) in [4.78, 5) is 4.76. The average Bonchev–Trinajstić information content (AvgIpc) is 2.87. The molecule has 1 N–H and O–H groups in total. The van der Waals surface area contributed by atoms with Crippen molar-refractivity contribution in [1.29, 1.82) is 0 Å². The molecule has 0 bridgehead atoms. The van der Waals surface area contributed by atoms with Crippen molar-refractivity contribution in [1.82, 2.24) is 9.55 Å². The van der Waals surface area contributed by atoms with Gasteiger partial charge in [-0.25, -0.2) is 9.37 Å². The molecule has 4 heteroatoms. The number of halogens is 1. The Labute approximate surface area is 124 Å². The molecule has 1 aromatic carbocycles. The van der Waals surface area contributed by atoms with Gasteiger partial charge < -0.3 is 9.88 Å². The van der Waals surface area contributed by atoms with Crippen molar-refractivity contribution >= 4 is 5.95 Å². The zero-order valence-electron chi connectivity index (χ0n) is 12.3. The molecule has 2 heterocycles. The molecule has 0 fully saturated rings. The highest BCUT2D eigenvalue weighted by Gasteiger charge is 2.34. The van der Waals surface area contributed by atoms with Gasteiger partial charge in [0.2, 0.25) is 5.95 Å². The van der Waals surface area contributed by atoms with Crippen molar-refractivity contribution in [3.8, 4) is 0 Å². The summed E-state index contributed by atoms with van der Waals surface area (Å²) >= 11 is 0. The molecule has 0 radical (unpaired) electrons. The minimum atomic E-state index is -0.111. The lowest BCUT2D eigenvalue weighted by atomic mass is 9.91. The van der Waals surface area contributed by atoms with Crippen molar-refractivity contribution in [3.63, 3.8) is 0 Å². The summed E-state index contributed by atoms with van der Waals surface area (Å²) in [5, 5.41) is 3.42. The Morgan fingerprint density at radius 2 is 2.05 bits per heavy atom. The normalized spacial score (nSPS) is 24.1. The van der Waals surface area contributed by atoms with Gasteiger partial charge in [0.05, 0.1) is 11.7 Å². The highest BCUT2D eigenvalue weighted by Crippen LogP contribution is 2.38. The maximum Gasteiger partial charge on any atom is 0.203 e. The summed E-state index contributed by atoms with van der Waals surface area (Å²) in [6.45, 7) is 3.02. The van der Waals surface area contributed by atoms with E-state index in [9.17, 15) is 4.39 Å². The fraction of sp³-hybridized carbons (Fsp3) is 0.471. The highest BCUT2D eigenvalue weighted by atomic mass is 19.1. The fourth-order valence-corrected chi connectivity index (χ4v) is 3.77. The van der Waals surface area contributed by atoms with Gasteiger partial charge in [0.15, 0.2) is 0 Å². The van der Waals surface area contributed by atoms with E-state index >= 15 is 0 Å². The van der Waals surface area contributed by atoms with Crippen LogP contribution in [-0.4, -0.2) is 16.1 Å². The van der Waals surface area contributed by atoms with E-state index < -0.39 is 0 Å². The number of nitrogens with one attached hydrogen (secondary N) is 1. The molecule has 110 valence electrons. The molecule has 1 aliphatic carbocycles. The number of nitrogens with zero attached hydrogens (tertiary/aromatic N) is 2. The number of rotatable bonds is 1. The number of anilines is 1. The number of benzene rings is 1. The van der Waals surface area contributed by atoms with Crippen LogP contribution in [-0.2, 0) is 12.8 Å². The Hall–Kier alpha value is -1.84. The van der Waals surface area contributed by atoms with Gasteiger partial charge in [0.25, 0.3) is 0 Å². The molecule has 0 saturated heterocycles. The van der Waals surface area contributed by atoms with E-state index in [1.54, 1.807) is 12.1 Å². The Morgan fingerprint density at radius 1 is 1.24 bits per heavy atom. The first-order valence-electron chi connectivity index (χ1n) is 7.84. The van der Waals surface area contributed by atoms with E-state index in [1.807, 2.05) is 12.1 Å². The van der Waals surface area contributed by atoms with E-state index in [1.165, 1.54) is 24.2 Å². The molecule has 2 aromatic rings. The molecule has 0 amide bonds. The van der Waals surface area contributed by atoms with Gasteiger partial charge in [-0.05, 0) is 37.7 Å². The summed E-state index contributed by atoms with van der Waals surface area (Å²) < 4.78 is 16.6. The number of aromatic nitrogens is 2. The summed E-state index contributed by atoms with van der Waals surface area (Å²) in [6.07, 6.45) is 4.52. The molecule has 1 aromatic heterocycles. The van der Waals surface area contributed by atoms with E-state index in [0.717, 1.165) is 30.9 Å². The Balaban J connectivity index is 1.89. The molecule has 2 unspecified atom stereocenters. The third-order valence-corrected chi connectivity index (χ3v) is 4.79. The average molecular weight is 285 g/mol. The first kappa shape index (κ1) is 12.9. The molecule has 0 saturated carbocycles. The minimum absolute atomic E-state index is 0.0526. The molecule has 2 aliphatic rings. The van der Waals surface area contributed by atoms with Gasteiger partial charge in [0.1, 0.15) is 5.82 Å². The molecule has 1 aliphatic heterocycles.